The molecule has 0 saturated heterocycles. The molecule has 20 heavy (non-hydrogen) atoms. The molecule has 1 unspecified atom stereocenters. The van der Waals surface area contributed by atoms with Gasteiger partial charge in [-0.3, -0.25) is 0 Å². The van der Waals surface area contributed by atoms with Gasteiger partial charge in [0.05, 0.1) is 20.3 Å². The Kier molecular flexibility index (Phi) is 5.29. The maximum absolute atomic E-state index is 6.35. The number of ether oxygens (including phenoxy) is 2. The minimum atomic E-state index is 0.0679. The zero-order valence-corrected chi connectivity index (χ0v) is 13.3. The Morgan fingerprint density at radius 2 is 2.05 bits per heavy atom. The van der Waals surface area contributed by atoms with E-state index in [0.29, 0.717) is 16.5 Å². The second kappa shape index (κ2) is 6.97. The topological polar surface area (TPSA) is 30.5 Å². The number of hydrogen-bond acceptors (Lipinski definition) is 4. The molecular formula is C15H18ClNO2S. The van der Waals surface area contributed by atoms with E-state index in [9.17, 15) is 0 Å². The summed E-state index contributed by atoms with van der Waals surface area (Å²) in [5.41, 5.74) is 1.02. The number of halogens is 1. The monoisotopic (exact) mass is 311 g/mol. The minimum absolute atomic E-state index is 0.0679. The first-order chi connectivity index (χ1) is 9.72. The van der Waals surface area contributed by atoms with Crippen LogP contribution in [-0.2, 0) is 0 Å². The molecule has 0 aliphatic carbocycles. The van der Waals surface area contributed by atoms with Crippen LogP contribution in [0.25, 0.3) is 0 Å². The van der Waals surface area contributed by atoms with Gasteiger partial charge in [-0.25, -0.2) is 0 Å². The smallest absolute Gasteiger partial charge is 0.146 e. The van der Waals surface area contributed by atoms with E-state index < -0.39 is 0 Å². The third kappa shape index (κ3) is 2.92. The fourth-order valence-corrected chi connectivity index (χ4v) is 3.31. The van der Waals surface area contributed by atoms with Crippen LogP contribution in [-0.4, -0.2) is 20.8 Å². The highest BCUT2D eigenvalue weighted by Gasteiger charge is 2.22. The predicted octanol–water partition coefficient (Wildman–Crippen LogP) is 4.12. The van der Waals surface area contributed by atoms with Crippen LogP contribution >= 0.6 is 22.9 Å². The van der Waals surface area contributed by atoms with Crippen LogP contribution in [0.15, 0.2) is 29.6 Å². The van der Waals surface area contributed by atoms with E-state index in [4.69, 9.17) is 21.1 Å². The van der Waals surface area contributed by atoms with Crippen LogP contribution in [0.1, 0.15) is 23.4 Å². The van der Waals surface area contributed by atoms with Crippen molar-refractivity contribution in [2.45, 2.75) is 13.0 Å². The quantitative estimate of drug-likeness (QED) is 0.870. The second-order valence-electron chi connectivity index (χ2n) is 4.21. The van der Waals surface area contributed by atoms with Crippen molar-refractivity contribution in [2.75, 3.05) is 20.8 Å². The lowest BCUT2D eigenvalue weighted by molar-refractivity contribution is 0.388. The van der Waals surface area contributed by atoms with Crippen molar-refractivity contribution in [3.63, 3.8) is 0 Å². The van der Waals surface area contributed by atoms with Gasteiger partial charge in [0.1, 0.15) is 16.5 Å². The SMILES string of the molecule is CCNC(c1cccs1)c1ccc(OC)c(Cl)c1OC. The first-order valence-corrected chi connectivity index (χ1v) is 7.65. The molecule has 0 saturated carbocycles. The van der Waals surface area contributed by atoms with Gasteiger partial charge in [0.25, 0.3) is 0 Å². The zero-order valence-electron chi connectivity index (χ0n) is 11.8. The molecule has 1 N–H and O–H groups in total. The fourth-order valence-electron chi connectivity index (χ4n) is 2.17. The zero-order chi connectivity index (χ0) is 14.5. The first-order valence-electron chi connectivity index (χ1n) is 6.40. The Morgan fingerprint density at radius 3 is 2.60 bits per heavy atom. The summed E-state index contributed by atoms with van der Waals surface area (Å²) in [4.78, 5) is 1.23. The Hall–Kier alpha value is -1.23. The number of methoxy groups -OCH3 is 2. The van der Waals surface area contributed by atoms with Gasteiger partial charge in [0.15, 0.2) is 0 Å². The summed E-state index contributed by atoms with van der Waals surface area (Å²) in [5.74, 6) is 1.28. The average molecular weight is 312 g/mol. The van der Waals surface area contributed by atoms with Crippen LogP contribution in [0.2, 0.25) is 5.02 Å². The first kappa shape index (κ1) is 15.2. The van der Waals surface area contributed by atoms with Crippen molar-refractivity contribution in [1.29, 1.82) is 0 Å². The maximum Gasteiger partial charge on any atom is 0.146 e. The lowest BCUT2D eigenvalue weighted by Gasteiger charge is -2.21. The van der Waals surface area contributed by atoms with Crippen molar-refractivity contribution in [1.82, 2.24) is 5.32 Å². The Bertz CT molecular complexity index is 557. The van der Waals surface area contributed by atoms with Crippen molar-refractivity contribution < 1.29 is 9.47 Å². The molecule has 0 aliphatic rings. The molecule has 1 atom stereocenters. The highest BCUT2D eigenvalue weighted by Crippen LogP contribution is 2.41. The molecule has 0 fully saturated rings. The van der Waals surface area contributed by atoms with Crippen molar-refractivity contribution in [2.24, 2.45) is 0 Å². The number of rotatable bonds is 6. The van der Waals surface area contributed by atoms with E-state index in [0.717, 1.165) is 12.1 Å². The normalized spacial score (nSPS) is 12.2. The molecule has 2 aromatic rings. The van der Waals surface area contributed by atoms with Gasteiger partial charge in [-0.1, -0.05) is 24.6 Å². The van der Waals surface area contributed by atoms with E-state index in [1.54, 1.807) is 25.6 Å². The number of thiophene rings is 1. The van der Waals surface area contributed by atoms with Gasteiger partial charge in [0, 0.05) is 10.4 Å². The number of benzene rings is 1. The van der Waals surface area contributed by atoms with Crippen molar-refractivity contribution in [3.05, 3.63) is 45.1 Å². The minimum Gasteiger partial charge on any atom is -0.495 e. The molecule has 1 aromatic carbocycles. The van der Waals surface area contributed by atoms with E-state index >= 15 is 0 Å². The molecule has 0 amide bonds. The third-order valence-electron chi connectivity index (χ3n) is 3.06. The summed E-state index contributed by atoms with van der Waals surface area (Å²) in [7, 11) is 3.23. The van der Waals surface area contributed by atoms with Crippen LogP contribution in [0, 0.1) is 0 Å². The molecule has 0 aliphatic heterocycles. The lowest BCUT2D eigenvalue weighted by Crippen LogP contribution is -2.21. The lowest BCUT2D eigenvalue weighted by atomic mass is 10.0. The summed E-state index contributed by atoms with van der Waals surface area (Å²) in [6.45, 7) is 2.94. The van der Waals surface area contributed by atoms with Crippen LogP contribution in [0.5, 0.6) is 11.5 Å². The molecule has 1 aromatic heterocycles. The Balaban J connectivity index is 2.51. The highest BCUT2D eigenvalue weighted by molar-refractivity contribution is 7.10. The van der Waals surface area contributed by atoms with E-state index in [2.05, 4.69) is 23.7 Å². The molecule has 1 heterocycles. The summed E-state index contributed by atoms with van der Waals surface area (Å²) in [6.07, 6.45) is 0. The van der Waals surface area contributed by atoms with Gasteiger partial charge in [-0.15, -0.1) is 11.3 Å². The molecule has 0 spiro atoms. The Labute approximate surface area is 128 Å². The van der Waals surface area contributed by atoms with Gasteiger partial charge in [0.2, 0.25) is 0 Å². The predicted molar refractivity (Wildman–Crippen MR) is 84.4 cm³/mol. The van der Waals surface area contributed by atoms with E-state index in [1.165, 1.54) is 4.88 Å². The summed E-state index contributed by atoms with van der Waals surface area (Å²) < 4.78 is 10.7. The van der Waals surface area contributed by atoms with E-state index in [-0.39, 0.29) is 6.04 Å². The second-order valence-corrected chi connectivity index (χ2v) is 5.57. The number of hydrogen-bond donors (Lipinski definition) is 1. The van der Waals surface area contributed by atoms with Crippen LogP contribution < -0.4 is 14.8 Å². The highest BCUT2D eigenvalue weighted by atomic mass is 35.5. The standard InChI is InChI=1S/C15H18ClNO2S/c1-4-17-14(12-6-5-9-20-12)10-7-8-11(18-2)13(16)15(10)19-3/h5-9,14,17H,4H2,1-3H3. The van der Waals surface area contributed by atoms with Gasteiger partial charge >= 0.3 is 0 Å². The molecule has 3 nitrogen and oxygen atoms in total. The van der Waals surface area contributed by atoms with Gasteiger partial charge in [-0.2, -0.15) is 0 Å². The molecule has 0 bridgehead atoms. The van der Waals surface area contributed by atoms with Gasteiger partial charge in [-0.05, 0) is 30.1 Å². The Morgan fingerprint density at radius 1 is 1.25 bits per heavy atom. The largest absolute Gasteiger partial charge is 0.495 e. The van der Waals surface area contributed by atoms with Crippen molar-refractivity contribution in [3.8, 4) is 11.5 Å². The average Bonchev–Trinajstić information content (AvgIpc) is 2.98. The van der Waals surface area contributed by atoms with Crippen LogP contribution in [0.3, 0.4) is 0 Å². The molecule has 2 rings (SSSR count). The molecular weight excluding hydrogens is 294 g/mol. The summed E-state index contributed by atoms with van der Waals surface area (Å²) in [5, 5.41) is 6.04. The van der Waals surface area contributed by atoms with Gasteiger partial charge < -0.3 is 14.8 Å². The third-order valence-corrected chi connectivity index (χ3v) is 4.36. The summed E-state index contributed by atoms with van der Waals surface area (Å²) in [6, 6.07) is 8.09. The molecule has 0 radical (unpaired) electrons. The van der Waals surface area contributed by atoms with Crippen molar-refractivity contribution >= 4 is 22.9 Å². The summed E-state index contributed by atoms with van der Waals surface area (Å²) >= 11 is 8.05. The van der Waals surface area contributed by atoms with Crippen LogP contribution in [0.4, 0.5) is 0 Å². The fraction of sp³-hybridized carbons (Fsp3) is 0.333. The number of nitrogens with one attached hydrogen (secondary N) is 1. The molecule has 5 heteroatoms. The maximum atomic E-state index is 6.35. The van der Waals surface area contributed by atoms with E-state index in [1.807, 2.05) is 18.2 Å². The molecule has 108 valence electrons.